The Morgan fingerprint density at radius 1 is 1.07 bits per heavy atom. The van der Waals surface area contributed by atoms with Crippen LogP contribution in [0.15, 0.2) is 46.9 Å². The topological polar surface area (TPSA) is 67.4 Å². The summed E-state index contributed by atoms with van der Waals surface area (Å²) < 4.78 is 6.07. The number of carbonyl (C=O) groups is 2. The maximum Gasteiger partial charge on any atom is 0.251 e. The van der Waals surface area contributed by atoms with E-state index in [1.165, 1.54) is 0 Å². The first-order chi connectivity index (χ1) is 12.7. The highest BCUT2D eigenvalue weighted by molar-refractivity contribution is 9.10. The second-order valence-corrected chi connectivity index (χ2v) is 8.15. The highest BCUT2D eigenvalue weighted by Crippen LogP contribution is 2.26. The molecule has 0 bridgehead atoms. The van der Waals surface area contributed by atoms with Gasteiger partial charge in [-0.3, -0.25) is 9.59 Å². The summed E-state index contributed by atoms with van der Waals surface area (Å²) in [6.45, 7) is 5.79. The molecule has 0 radical (unpaired) electrons. The molecule has 0 spiro atoms. The van der Waals surface area contributed by atoms with Crippen LogP contribution in [0.1, 0.15) is 43.1 Å². The Morgan fingerprint density at radius 3 is 2.30 bits per heavy atom. The molecule has 2 rings (SSSR count). The van der Waals surface area contributed by atoms with Crippen molar-refractivity contribution in [3.05, 3.63) is 58.1 Å². The number of hydrogen-bond acceptors (Lipinski definition) is 3. The molecule has 2 N–H and O–H groups in total. The average molecular weight is 433 g/mol. The van der Waals surface area contributed by atoms with Crippen molar-refractivity contribution in [1.82, 2.24) is 5.32 Å². The molecule has 0 fully saturated rings. The van der Waals surface area contributed by atoms with E-state index in [-0.39, 0.29) is 17.4 Å². The minimum absolute atomic E-state index is 0.0752. The molecule has 0 saturated heterocycles. The van der Waals surface area contributed by atoms with Gasteiger partial charge in [-0.05, 0) is 85.1 Å². The van der Waals surface area contributed by atoms with Gasteiger partial charge in [-0.15, -0.1) is 0 Å². The van der Waals surface area contributed by atoms with Crippen LogP contribution in [-0.2, 0) is 11.2 Å². The standard InChI is InChI=1S/C21H25BrN2O3/c1-21(2,3)24-20(26)15-7-9-16(10-8-15)23-19(25)12-6-14-5-11-18(27-4)17(22)13-14/h5,7-11,13H,6,12H2,1-4H3,(H,23,25)(H,24,26). The van der Waals surface area contributed by atoms with Gasteiger partial charge in [-0.1, -0.05) is 6.07 Å². The summed E-state index contributed by atoms with van der Waals surface area (Å²) in [6, 6.07) is 12.7. The SMILES string of the molecule is COc1ccc(CCC(=O)Nc2ccc(C(=O)NC(C)(C)C)cc2)cc1Br. The second-order valence-electron chi connectivity index (χ2n) is 7.30. The third-order valence-electron chi connectivity index (χ3n) is 3.78. The zero-order valence-electron chi connectivity index (χ0n) is 16.1. The molecular weight excluding hydrogens is 408 g/mol. The first-order valence-corrected chi connectivity index (χ1v) is 9.52. The van der Waals surface area contributed by atoms with E-state index >= 15 is 0 Å². The van der Waals surface area contributed by atoms with E-state index in [1.807, 2.05) is 39.0 Å². The van der Waals surface area contributed by atoms with E-state index < -0.39 is 0 Å². The second kappa shape index (κ2) is 9.04. The van der Waals surface area contributed by atoms with E-state index in [4.69, 9.17) is 4.74 Å². The van der Waals surface area contributed by atoms with Crippen LogP contribution in [0.4, 0.5) is 5.69 Å². The number of methoxy groups -OCH3 is 1. The number of halogens is 1. The fourth-order valence-corrected chi connectivity index (χ4v) is 3.05. The zero-order valence-corrected chi connectivity index (χ0v) is 17.6. The number of amides is 2. The summed E-state index contributed by atoms with van der Waals surface area (Å²) in [5.74, 6) is 0.554. The normalized spacial score (nSPS) is 11.0. The van der Waals surface area contributed by atoms with Crippen molar-refractivity contribution in [2.24, 2.45) is 0 Å². The van der Waals surface area contributed by atoms with Crippen LogP contribution in [0, 0.1) is 0 Å². The van der Waals surface area contributed by atoms with Gasteiger partial charge >= 0.3 is 0 Å². The third kappa shape index (κ3) is 6.71. The number of hydrogen-bond donors (Lipinski definition) is 2. The Kier molecular flexibility index (Phi) is 7.02. The minimum Gasteiger partial charge on any atom is -0.496 e. The predicted molar refractivity (Wildman–Crippen MR) is 111 cm³/mol. The van der Waals surface area contributed by atoms with E-state index in [0.717, 1.165) is 15.8 Å². The van der Waals surface area contributed by atoms with Crippen molar-refractivity contribution in [2.75, 3.05) is 12.4 Å². The molecule has 0 saturated carbocycles. The van der Waals surface area contributed by atoms with Gasteiger partial charge in [-0.25, -0.2) is 0 Å². The molecule has 2 amide bonds. The molecule has 0 aromatic heterocycles. The lowest BCUT2D eigenvalue weighted by molar-refractivity contribution is -0.116. The Morgan fingerprint density at radius 2 is 1.74 bits per heavy atom. The average Bonchev–Trinajstić information content (AvgIpc) is 2.59. The Labute approximate surface area is 168 Å². The lowest BCUT2D eigenvalue weighted by atomic mass is 10.1. The van der Waals surface area contributed by atoms with Crippen molar-refractivity contribution in [1.29, 1.82) is 0 Å². The number of nitrogens with one attached hydrogen (secondary N) is 2. The molecule has 0 heterocycles. The van der Waals surface area contributed by atoms with Crippen molar-refractivity contribution in [2.45, 2.75) is 39.2 Å². The van der Waals surface area contributed by atoms with Crippen molar-refractivity contribution in [3.8, 4) is 5.75 Å². The quantitative estimate of drug-likeness (QED) is 0.702. The Balaban J connectivity index is 1.88. The molecule has 5 nitrogen and oxygen atoms in total. The van der Waals surface area contributed by atoms with Gasteiger partial charge in [0.25, 0.3) is 5.91 Å². The molecule has 0 unspecified atom stereocenters. The highest BCUT2D eigenvalue weighted by Gasteiger charge is 2.15. The molecule has 6 heteroatoms. The van der Waals surface area contributed by atoms with Crippen LogP contribution >= 0.6 is 15.9 Å². The number of anilines is 1. The number of rotatable bonds is 6. The Hall–Kier alpha value is -2.34. The first-order valence-electron chi connectivity index (χ1n) is 8.73. The number of aryl methyl sites for hydroxylation is 1. The highest BCUT2D eigenvalue weighted by atomic mass is 79.9. The van der Waals surface area contributed by atoms with Gasteiger partial charge in [-0.2, -0.15) is 0 Å². The minimum atomic E-state index is -0.291. The van der Waals surface area contributed by atoms with Crippen LogP contribution in [0.3, 0.4) is 0 Å². The maximum absolute atomic E-state index is 12.2. The number of ether oxygens (including phenoxy) is 1. The summed E-state index contributed by atoms with van der Waals surface area (Å²) in [5, 5.41) is 5.76. The first kappa shape index (κ1) is 21.0. The van der Waals surface area contributed by atoms with Crippen LogP contribution in [0.25, 0.3) is 0 Å². The van der Waals surface area contributed by atoms with Crippen LogP contribution in [0.2, 0.25) is 0 Å². The lowest BCUT2D eigenvalue weighted by Gasteiger charge is -2.20. The van der Waals surface area contributed by atoms with Crippen molar-refractivity contribution in [3.63, 3.8) is 0 Å². The summed E-state index contributed by atoms with van der Waals surface area (Å²) >= 11 is 3.45. The third-order valence-corrected chi connectivity index (χ3v) is 4.40. The zero-order chi connectivity index (χ0) is 20.0. The predicted octanol–water partition coefficient (Wildman–Crippen LogP) is 4.56. The molecule has 144 valence electrons. The molecule has 0 aliphatic heterocycles. The molecule has 0 aliphatic rings. The smallest absolute Gasteiger partial charge is 0.251 e. The van der Waals surface area contributed by atoms with Crippen LogP contribution in [-0.4, -0.2) is 24.5 Å². The summed E-state index contributed by atoms with van der Waals surface area (Å²) in [5.41, 5.74) is 1.99. The molecule has 27 heavy (non-hydrogen) atoms. The molecule has 2 aromatic rings. The Bertz CT molecular complexity index is 811. The van der Waals surface area contributed by atoms with Gasteiger partial charge in [0.15, 0.2) is 0 Å². The van der Waals surface area contributed by atoms with Gasteiger partial charge in [0.05, 0.1) is 11.6 Å². The van der Waals surface area contributed by atoms with Gasteiger partial charge in [0.2, 0.25) is 5.91 Å². The van der Waals surface area contributed by atoms with E-state index in [0.29, 0.717) is 24.1 Å². The van der Waals surface area contributed by atoms with Crippen molar-refractivity contribution < 1.29 is 14.3 Å². The van der Waals surface area contributed by atoms with E-state index in [1.54, 1.807) is 31.4 Å². The monoisotopic (exact) mass is 432 g/mol. The maximum atomic E-state index is 12.2. The molecule has 0 atom stereocenters. The molecule has 2 aromatic carbocycles. The van der Waals surface area contributed by atoms with Crippen molar-refractivity contribution >= 4 is 33.4 Å². The summed E-state index contributed by atoms with van der Waals surface area (Å²) in [4.78, 5) is 24.3. The molecule has 0 aliphatic carbocycles. The van der Waals surface area contributed by atoms with Gasteiger partial charge < -0.3 is 15.4 Å². The van der Waals surface area contributed by atoms with Crippen LogP contribution < -0.4 is 15.4 Å². The molecular formula is C21H25BrN2O3. The van der Waals surface area contributed by atoms with Gasteiger partial charge in [0, 0.05) is 23.2 Å². The van der Waals surface area contributed by atoms with Gasteiger partial charge in [0.1, 0.15) is 5.75 Å². The van der Waals surface area contributed by atoms with E-state index in [9.17, 15) is 9.59 Å². The van der Waals surface area contributed by atoms with Crippen LogP contribution in [0.5, 0.6) is 5.75 Å². The number of carbonyl (C=O) groups excluding carboxylic acids is 2. The number of benzene rings is 2. The lowest BCUT2D eigenvalue weighted by Crippen LogP contribution is -2.40. The summed E-state index contributed by atoms with van der Waals surface area (Å²) in [6.07, 6.45) is 0.992. The fraction of sp³-hybridized carbons (Fsp3) is 0.333. The fourth-order valence-electron chi connectivity index (χ4n) is 2.46. The summed E-state index contributed by atoms with van der Waals surface area (Å²) in [7, 11) is 1.62. The largest absolute Gasteiger partial charge is 0.496 e. The van der Waals surface area contributed by atoms with E-state index in [2.05, 4.69) is 26.6 Å².